The fourth-order valence-electron chi connectivity index (χ4n) is 1.75. The van der Waals surface area contributed by atoms with Crippen molar-refractivity contribution in [2.45, 2.75) is 4.83 Å². The van der Waals surface area contributed by atoms with E-state index in [1.807, 2.05) is 54.6 Å². The third-order valence-corrected chi connectivity index (χ3v) is 3.60. The number of alkyl halides is 1. The second kappa shape index (κ2) is 5.83. The van der Waals surface area contributed by atoms with Gasteiger partial charge in [-0.25, -0.2) is 0 Å². The van der Waals surface area contributed by atoms with E-state index in [0.717, 1.165) is 16.7 Å². The van der Waals surface area contributed by atoms with Crippen LogP contribution in [0.4, 0.5) is 0 Å². The summed E-state index contributed by atoms with van der Waals surface area (Å²) in [6.07, 6.45) is 0. The fraction of sp³-hybridized carbons (Fsp3) is 0.133. The summed E-state index contributed by atoms with van der Waals surface area (Å²) in [6.45, 7) is 0. The molecule has 0 bridgehead atoms. The summed E-state index contributed by atoms with van der Waals surface area (Å²) in [5.74, 6) is -0.291. The minimum absolute atomic E-state index is 0.291. The van der Waals surface area contributed by atoms with Crippen molar-refractivity contribution < 1.29 is 9.53 Å². The zero-order valence-electron chi connectivity index (χ0n) is 9.97. The average Bonchev–Trinajstić information content (AvgIpc) is 2.46. The molecule has 3 heteroatoms. The molecule has 18 heavy (non-hydrogen) atoms. The first-order valence-corrected chi connectivity index (χ1v) is 6.51. The highest BCUT2D eigenvalue weighted by Crippen LogP contribution is 2.28. The van der Waals surface area contributed by atoms with Crippen LogP contribution in [0.15, 0.2) is 54.6 Å². The Morgan fingerprint density at radius 3 is 2.39 bits per heavy atom. The lowest BCUT2D eigenvalue weighted by molar-refractivity contribution is -0.139. The number of rotatable bonds is 3. The van der Waals surface area contributed by atoms with Crippen LogP contribution in [0.2, 0.25) is 0 Å². The Labute approximate surface area is 115 Å². The second-order valence-electron chi connectivity index (χ2n) is 3.88. The lowest BCUT2D eigenvalue weighted by Crippen LogP contribution is -2.08. The molecule has 0 saturated heterocycles. The molecular weight excluding hydrogens is 292 g/mol. The van der Waals surface area contributed by atoms with E-state index in [1.165, 1.54) is 7.11 Å². The van der Waals surface area contributed by atoms with E-state index in [0.29, 0.717) is 0 Å². The molecule has 0 saturated carbocycles. The molecule has 0 aliphatic heterocycles. The second-order valence-corrected chi connectivity index (χ2v) is 4.79. The summed E-state index contributed by atoms with van der Waals surface area (Å²) < 4.78 is 4.73. The molecule has 1 atom stereocenters. The Morgan fingerprint density at radius 1 is 1.06 bits per heavy atom. The van der Waals surface area contributed by atoms with Gasteiger partial charge in [0.2, 0.25) is 0 Å². The van der Waals surface area contributed by atoms with E-state index in [-0.39, 0.29) is 5.97 Å². The number of hydrogen-bond donors (Lipinski definition) is 0. The quantitative estimate of drug-likeness (QED) is 0.634. The molecule has 0 amide bonds. The van der Waals surface area contributed by atoms with Gasteiger partial charge in [-0.1, -0.05) is 64.5 Å². The molecule has 2 aromatic rings. The van der Waals surface area contributed by atoms with Crippen LogP contribution in [0.25, 0.3) is 11.1 Å². The third-order valence-electron chi connectivity index (χ3n) is 2.69. The number of halogens is 1. The molecule has 0 radical (unpaired) electrons. The van der Waals surface area contributed by atoms with Crippen LogP contribution in [-0.2, 0) is 9.53 Å². The van der Waals surface area contributed by atoms with Gasteiger partial charge in [0.05, 0.1) is 7.11 Å². The van der Waals surface area contributed by atoms with Crippen LogP contribution in [0.3, 0.4) is 0 Å². The van der Waals surface area contributed by atoms with E-state index >= 15 is 0 Å². The molecule has 0 fully saturated rings. The van der Waals surface area contributed by atoms with Crippen molar-refractivity contribution >= 4 is 21.9 Å². The highest BCUT2D eigenvalue weighted by Gasteiger charge is 2.17. The zero-order valence-corrected chi connectivity index (χ0v) is 11.6. The maximum absolute atomic E-state index is 11.5. The molecule has 0 aliphatic carbocycles. The summed E-state index contributed by atoms with van der Waals surface area (Å²) in [6, 6.07) is 17.9. The van der Waals surface area contributed by atoms with Crippen LogP contribution >= 0.6 is 15.9 Å². The SMILES string of the molecule is COC(=O)[C@@H](Br)c1cccc(-c2ccccc2)c1. The number of hydrogen-bond acceptors (Lipinski definition) is 2. The van der Waals surface area contributed by atoms with E-state index in [2.05, 4.69) is 15.9 Å². The van der Waals surface area contributed by atoms with Gasteiger partial charge >= 0.3 is 5.97 Å². The first-order chi connectivity index (χ1) is 8.72. The zero-order chi connectivity index (χ0) is 13.0. The highest BCUT2D eigenvalue weighted by molar-refractivity contribution is 9.09. The molecule has 2 aromatic carbocycles. The lowest BCUT2D eigenvalue weighted by atomic mass is 10.0. The number of esters is 1. The van der Waals surface area contributed by atoms with Gasteiger partial charge in [-0.15, -0.1) is 0 Å². The van der Waals surface area contributed by atoms with E-state index in [4.69, 9.17) is 4.74 Å². The molecule has 0 aromatic heterocycles. The first-order valence-electron chi connectivity index (χ1n) is 5.59. The van der Waals surface area contributed by atoms with E-state index < -0.39 is 4.83 Å². The van der Waals surface area contributed by atoms with E-state index in [9.17, 15) is 4.79 Å². The van der Waals surface area contributed by atoms with Gasteiger partial charge in [-0.2, -0.15) is 0 Å². The maximum Gasteiger partial charge on any atom is 0.323 e. The molecule has 0 N–H and O–H groups in total. The number of ether oxygens (including phenoxy) is 1. The van der Waals surface area contributed by atoms with Gasteiger partial charge in [0, 0.05) is 0 Å². The number of methoxy groups -OCH3 is 1. The average molecular weight is 305 g/mol. The topological polar surface area (TPSA) is 26.3 Å². The fourth-order valence-corrected chi connectivity index (χ4v) is 2.22. The van der Waals surface area contributed by atoms with Crippen LogP contribution in [-0.4, -0.2) is 13.1 Å². The molecule has 0 aliphatic rings. The van der Waals surface area contributed by atoms with Crippen LogP contribution in [0.5, 0.6) is 0 Å². The predicted molar refractivity (Wildman–Crippen MR) is 75.6 cm³/mol. The van der Waals surface area contributed by atoms with Gasteiger partial charge in [0.15, 0.2) is 0 Å². The summed E-state index contributed by atoms with van der Waals surface area (Å²) in [4.78, 5) is 11.1. The van der Waals surface area contributed by atoms with Gasteiger partial charge < -0.3 is 4.74 Å². The van der Waals surface area contributed by atoms with Crippen molar-refractivity contribution in [3.8, 4) is 11.1 Å². The largest absolute Gasteiger partial charge is 0.468 e. The molecule has 0 spiro atoms. The van der Waals surface area contributed by atoms with Crippen molar-refractivity contribution in [2.24, 2.45) is 0 Å². The highest BCUT2D eigenvalue weighted by atomic mass is 79.9. The molecule has 0 heterocycles. The van der Waals surface area contributed by atoms with Crippen LogP contribution < -0.4 is 0 Å². The maximum atomic E-state index is 11.5. The minimum atomic E-state index is -0.425. The lowest BCUT2D eigenvalue weighted by Gasteiger charge is -2.09. The Hall–Kier alpha value is -1.61. The molecule has 92 valence electrons. The van der Waals surface area contributed by atoms with Crippen molar-refractivity contribution in [3.05, 3.63) is 60.2 Å². The van der Waals surface area contributed by atoms with Gasteiger partial charge in [0.25, 0.3) is 0 Å². The predicted octanol–water partition coefficient (Wildman–Crippen LogP) is 3.96. The number of benzene rings is 2. The third kappa shape index (κ3) is 2.79. The Bertz CT molecular complexity index is 537. The van der Waals surface area contributed by atoms with Crippen LogP contribution in [0, 0.1) is 0 Å². The molecule has 2 nitrogen and oxygen atoms in total. The van der Waals surface area contributed by atoms with Crippen molar-refractivity contribution in [1.82, 2.24) is 0 Å². The number of carbonyl (C=O) groups excluding carboxylic acids is 1. The molecular formula is C15H13BrO2. The normalized spacial score (nSPS) is 11.9. The van der Waals surface area contributed by atoms with Crippen molar-refractivity contribution in [3.63, 3.8) is 0 Å². The summed E-state index contributed by atoms with van der Waals surface area (Å²) in [5, 5.41) is 0. The Morgan fingerprint density at radius 2 is 1.72 bits per heavy atom. The van der Waals surface area contributed by atoms with Crippen LogP contribution in [0.1, 0.15) is 10.4 Å². The molecule has 0 unspecified atom stereocenters. The summed E-state index contributed by atoms with van der Waals surface area (Å²) in [5.41, 5.74) is 3.11. The van der Waals surface area contributed by atoms with Gasteiger partial charge in [-0.05, 0) is 22.8 Å². The van der Waals surface area contributed by atoms with Crippen molar-refractivity contribution in [1.29, 1.82) is 0 Å². The minimum Gasteiger partial charge on any atom is -0.468 e. The Balaban J connectivity index is 2.34. The Kier molecular flexibility index (Phi) is 4.15. The molecule has 2 rings (SSSR count). The van der Waals surface area contributed by atoms with Gasteiger partial charge in [-0.3, -0.25) is 4.79 Å². The van der Waals surface area contributed by atoms with Crippen molar-refractivity contribution in [2.75, 3.05) is 7.11 Å². The van der Waals surface area contributed by atoms with Gasteiger partial charge in [0.1, 0.15) is 4.83 Å². The number of carbonyl (C=O) groups is 1. The summed E-state index contributed by atoms with van der Waals surface area (Å²) in [7, 11) is 1.39. The summed E-state index contributed by atoms with van der Waals surface area (Å²) >= 11 is 3.34. The standard InChI is InChI=1S/C15H13BrO2/c1-18-15(17)14(16)13-9-5-8-12(10-13)11-6-3-2-4-7-11/h2-10,14H,1H3/t14-/m0/s1. The smallest absolute Gasteiger partial charge is 0.323 e. The monoisotopic (exact) mass is 304 g/mol. The first kappa shape index (κ1) is 12.8. The van der Waals surface area contributed by atoms with E-state index in [1.54, 1.807) is 0 Å².